The zero-order valence-electron chi connectivity index (χ0n) is 11.8. The summed E-state index contributed by atoms with van der Waals surface area (Å²) in [6.07, 6.45) is 4.82. The standard InChI is InChI=1S/C13H19N3O2S2/c1-3-4-5-6-11-14-15-13(20-11)16-8-10(7-12(16)18)19-9(2)17/h10H,3-8H2,1-2H3. The molecule has 110 valence electrons. The summed E-state index contributed by atoms with van der Waals surface area (Å²) in [7, 11) is 0. The lowest BCUT2D eigenvalue weighted by molar-refractivity contribution is -0.117. The SMILES string of the molecule is CCCCCc1nnc(N2CC(SC(C)=O)CC2=O)s1. The molecular formula is C13H19N3O2S2. The van der Waals surface area contributed by atoms with Gasteiger partial charge in [0.2, 0.25) is 11.0 Å². The molecule has 0 radical (unpaired) electrons. The Morgan fingerprint density at radius 2 is 2.25 bits per heavy atom. The van der Waals surface area contributed by atoms with Crippen molar-refractivity contribution in [3.63, 3.8) is 0 Å². The molecule has 20 heavy (non-hydrogen) atoms. The van der Waals surface area contributed by atoms with E-state index in [9.17, 15) is 9.59 Å². The van der Waals surface area contributed by atoms with Gasteiger partial charge >= 0.3 is 0 Å². The van der Waals surface area contributed by atoms with Gasteiger partial charge in [-0.1, -0.05) is 42.9 Å². The van der Waals surface area contributed by atoms with E-state index in [2.05, 4.69) is 17.1 Å². The van der Waals surface area contributed by atoms with Crippen LogP contribution in [0.15, 0.2) is 0 Å². The van der Waals surface area contributed by atoms with E-state index in [0.29, 0.717) is 18.1 Å². The summed E-state index contributed by atoms with van der Waals surface area (Å²) >= 11 is 2.74. The number of amides is 1. The Morgan fingerprint density at radius 1 is 1.45 bits per heavy atom. The molecule has 1 fully saturated rings. The van der Waals surface area contributed by atoms with Gasteiger partial charge in [-0.15, -0.1) is 10.2 Å². The summed E-state index contributed by atoms with van der Waals surface area (Å²) in [6.45, 7) is 4.27. The average molecular weight is 313 g/mol. The van der Waals surface area contributed by atoms with Crippen LogP contribution < -0.4 is 4.90 Å². The van der Waals surface area contributed by atoms with E-state index in [0.717, 1.165) is 17.8 Å². The summed E-state index contributed by atoms with van der Waals surface area (Å²) in [4.78, 5) is 24.8. The molecule has 1 saturated heterocycles. The minimum atomic E-state index is 0.0417. The Kier molecular flexibility index (Phi) is 5.54. The van der Waals surface area contributed by atoms with Crippen molar-refractivity contribution >= 4 is 39.3 Å². The fourth-order valence-electron chi connectivity index (χ4n) is 2.15. The summed E-state index contributed by atoms with van der Waals surface area (Å²) in [5, 5.41) is 10.0. The maximum Gasteiger partial charge on any atom is 0.230 e. The van der Waals surface area contributed by atoms with Gasteiger partial charge in [0.1, 0.15) is 5.01 Å². The molecule has 7 heteroatoms. The third-order valence-electron chi connectivity index (χ3n) is 3.10. The summed E-state index contributed by atoms with van der Waals surface area (Å²) in [5.41, 5.74) is 0. The maximum absolute atomic E-state index is 12.0. The van der Waals surface area contributed by atoms with E-state index in [-0.39, 0.29) is 16.3 Å². The molecule has 1 amide bonds. The average Bonchev–Trinajstić information content (AvgIpc) is 2.96. The van der Waals surface area contributed by atoms with Crippen molar-refractivity contribution in [2.45, 2.75) is 51.2 Å². The first kappa shape index (κ1) is 15.4. The van der Waals surface area contributed by atoms with E-state index >= 15 is 0 Å². The summed E-state index contributed by atoms with van der Waals surface area (Å²) in [5.74, 6) is 0.0417. The van der Waals surface area contributed by atoms with Gasteiger partial charge in [-0.3, -0.25) is 14.5 Å². The second-order valence-electron chi connectivity index (χ2n) is 4.88. The molecule has 0 aliphatic carbocycles. The number of aryl methyl sites for hydroxylation is 1. The van der Waals surface area contributed by atoms with E-state index in [4.69, 9.17) is 0 Å². The number of rotatable bonds is 6. The lowest BCUT2D eigenvalue weighted by Crippen LogP contribution is -2.24. The van der Waals surface area contributed by atoms with E-state index in [1.807, 2.05) is 0 Å². The van der Waals surface area contributed by atoms with Gasteiger partial charge in [-0.05, 0) is 6.42 Å². The minimum Gasteiger partial charge on any atom is -0.288 e. The second kappa shape index (κ2) is 7.17. The maximum atomic E-state index is 12.0. The van der Waals surface area contributed by atoms with Crippen molar-refractivity contribution in [2.75, 3.05) is 11.4 Å². The zero-order valence-corrected chi connectivity index (χ0v) is 13.4. The normalized spacial score (nSPS) is 18.8. The zero-order chi connectivity index (χ0) is 14.5. The Labute approximate surface area is 127 Å². The number of carbonyl (C=O) groups excluding carboxylic acids is 2. The van der Waals surface area contributed by atoms with Crippen LogP contribution in [0.2, 0.25) is 0 Å². The molecule has 2 rings (SSSR count). The molecule has 0 bridgehead atoms. The van der Waals surface area contributed by atoms with Gasteiger partial charge < -0.3 is 0 Å². The minimum absolute atomic E-state index is 0.0417. The first-order valence-electron chi connectivity index (χ1n) is 6.90. The van der Waals surface area contributed by atoms with E-state index < -0.39 is 0 Å². The topological polar surface area (TPSA) is 63.2 Å². The molecule has 0 saturated carbocycles. The highest BCUT2D eigenvalue weighted by molar-refractivity contribution is 8.14. The number of hydrogen-bond donors (Lipinski definition) is 0. The van der Waals surface area contributed by atoms with Gasteiger partial charge in [0.05, 0.1) is 0 Å². The van der Waals surface area contributed by atoms with Crippen molar-refractivity contribution in [3.05, 3.63) is 5.01 Å². The third-order valence-corrected chi connectivity index (χ3v) is 5.09. The molecule has 0 N–H and O–H groups in total. The highest BCUT2D eigenvalue weighted by Gasteiger charge is 2.33. The fourth-order valence-corrected chi connectivity index (χ4v) is 3.98. The molecule has 5 nitrogen and oxygen atoms in total. The molecule has 1 aliphatic rings. The highest BCUT2D eigenvalue weighted by Crippen LogP contribution is 2.30. The van der Waals surface area contributed by atoms with Crippen molar-refractivity contribution < 1.29 is 9.59 Å². The van der Waals surface area contributed by atoms with Crippen LogP contribution >= 0.6 is 23.1 Å². The van der Waals surface area contributed by atoms with Gasteiger partial charge in [0.25, 0.3) is 0 Å². The van der Waals surface area contributed by atoms with Crippen molar-refractivity contribution in [2.24, 2.45) is 0 Å². The van der Waals surface area contributed by atoms with Crippen molar-refractivity contribution in [1.82, 2.24) is 10.2 Å². The third kappa shape index (κ3) is 4.02. The van der Waals surface area contributed by atoms with Crippen LogP contribution in [-0.2, 0) is 16.0 Å². The van der Waals surface area contributed by atoms with Gasteiger partial charge in [0.15, 0.2) is 5.12 Å². The number of nitrogens with zero attached hydrogens (tertiary/aromatic N) is 3. The molecule has 2 heterocycles. The molecule has 1 aromatic rings. The van der Waals surface area contributed by atoms with Crippen LogP contribution in [0.3, 0.4) is 0 Å². The molecule has 1 atom stereocenters. The predicted molar refractivity (Wildman–Crippen MR) is 82.2 cm³/mol. The number of aromatic nitrogens is 2. The Hall–Kier alpha value is -0.950. The first-order chi connectivity index (χ1) is 9.60. The van der Waals surface area contributed by atoms with Gasteiger partial charge in [-0.25, -0.2) is 0 Å². The van der Waals surface area contributed by atoms with E-state index in [1.54, 1.807) is 4.90 Å². The monoisotopic (exact) mass is 313 g/mol. The van der Waals surface area contributed by atoms with Crippen LogP contribution in [0, 0.1) is 0 Å². The summed E-state index contributed by atoms with van der Waals surface area (Å²) < 4.78 is 0. The molecule has 0 spiro atoms. The Balaban J connectivity index is 1.94. The van der Waals surface area contributed by atoms with Crippen molar-refractivity contribution in [1.29, 1.82) is 0 Å². The Bertz CT molecular complexity index is 490. The molecule has 1 unspecified atom stereocenters. The van der Waals surface area contributed by atoms with Gasteiger partial charge in [-0.2, -0.15) is 0 Å². The number of carbonyl (C=O) groups is 2. The number of anilines is 1. The van der Waals surface area contributed by atoms with Crippen molar-refractivity contribution in [3.8, 4) is 0 Å². The van der Waals surface area contributed by atoms with Crippen LogP contribution in [-0.4, -0.2) is 33.0 Å². The highest BCUT2D eigenvalue weighted by atomic mass is 32.2. The quantitative estimate of drug-likeness (QED) is 0.756. The molecular weight excluding hydrogens is 294 g/mol. The van der Waals surface area contributed by atoms with Crippen LogP contribution in [0.4, 0.5) is 5.13 Å². The first-order valence-corrected chi connectivity index (χ1v) is 8.59. The summed E-state index contributed by atoms with van der Waals surface area (Å²) in [6, 6.07) is 0. The number of thioether (sulfide) groups is 1. The number of hydrogen-bond acceptors (Lipinski definition) is 6. The fraction of sp³-hybridized carbons (Fsp3) is 0.692. The second-order valence-corrected chi connectivity index (χ2v) is 7.39. The van der Waals surface area contributed by atoms with Crippen LogP contribution in [0.5, 0.6) is 0 Å². The van der Waals surface area contributed by atoms with Gasteiger partial charge in [0, 0.05) is 31.6 Å². The lowest BCUT2D eigenvalue weighted by Gasteiger charge is -2.11. The van der Waals surface area contributed by atoms with Crippen LogP contribution in [0.25, 0.3) is 0 Å². The van der Waals surface area contributed by atoms with E-state index in [1.165, 1.54) is 42.9 Å². The van der Waals surface area contributed by atoms with Crippen LogP contribution in [0.1, 0.15) is 44.5 Å². The number of unbranched alkanes of at least 4 members (excludes halogenated alkanes) is 2. The predicted octanol–water partition coefficient (Wildman–Crippen LogP) is 2.66. The molecule has 1 aromatic heterocycles. The molecule has 0 aromatic carbocycles. The molecule has 1 aliphatic heterocycles. The smallest absolute Gasteiger partial charge is 0.230 e. The largest absolute Gasteiger partial charge is 0.288 e. The lowest BCUT2D eigenvalue weighted by atomic mass is 10.2. The Morgan fingerprint density at radius 3 is 2.95 bits per heavy atom.